The molecule has 0 bridgehead atoms. The molecule has 120 valence electrons. The smallest absolute Gasteiger partial charge is 0.271 e. The minimum absolute atomic E-state index is 0.0758. The Hall–Kier alpha value is -2.41. The molecule has 0 heterocycles. The quantitative estimate of drug-likeness (QED) is 0.629. The molecule has 0 aliphatic heterocycles. The molecule has 0 spiro atoms. The van der Waals surface area contributed by atoms with E-state index in [1.54, 1.807) is 19.1 Å². The lowest BCUT2D eigenvalue weighted by Crippen LogP contribution is -2.20. The topological polar surface area (TPSA) is 81.5 Å². The molecule has 1 N–H and O–H groups in total. The molecule has 2 rings (SSSR count). The highest BCUT2D eigenvalue weighted by Gasteiger charge is 2.12. The Labute approximate surface area is 141 Å². The van der Waals surface area contributed by atoms with Gasteiger partial charge in [0.1, 0.15) is 5.75 Å². The SMILES string of the molecule is Cc1ccc(OCC(=O)Nc2cc([N+](=O)[O-])ccc2C)c(Br)c1. The third-order valence-corrected chi connectivity index (χ3v) is 3.77. The second-order valence-electron chi connectivity index (χ2n) is 5.03. The Bertz CT molecular complexity index is 762. The fourth-order valence-electron chi connectivity index (χ4n) is 1.91. The largest absolute Gasteiger partial charge is 0.483 e. The molecule has 0 aromatic heterocycles. The van der Waals surface area contributed by atoms with Gasteiger partial charge in [-0.1, -0.05) is 12.1 Å². The summed E-state index contributed by atoms with van der Waals surface area (Å²) in [5, 5.41) is 13.4. The van der Waals surface area contributed by atoms with E-state index in [9.17, 15) is 14.9 Å². The van der Waals surface area contributed by atoms with Crippen molar-refractivity contribution in [2.24, 2.45) is 0 Å². The van der Waals surface area contributed by atoms with Gasteiger partial charge in [0, 0.05) is 12.1 Å². The van der Waals surface area contributed by atoms with Crippen LogP contribution in [0.1, 0.15) is 11.1 Å². The third kappa shape index (κ3) is 4.53. The summed E-state index contributed by atoms with van der Waals surface area (Å²) < 4.78 is 6.21. The summed E-state index contributed by atoms with van der Waals surface area (Å²) in [7, 11) is 0. The predicted octanol–water partition coefficient (Wildman–Crippen LogP) is 3.99. The van der Waals surface area contributed by atoms with E-state index in [-0.39, 0.29) is 18.2 Å². The van der Waals surface area contributed by atoms with Gasteiger partial charge in [0.05, 0.1) is 15.1 Å². The second-order valence-corrected chi connectivity index (χ2v) is 5.88. The van der Waals surface area contributed by atoms with Gasteiger partial charge in [0.2, 0.25) is 0 Å². The molecule has 2 aromatic rings. The Morgan fingerprint density at radius 1 is 1.26 bits per heavy atom. The van der Waals surface area contributed by atoms with Crippen LogP contribution in [0.2, 0.25) is 0 Å². The highest BCUT2D eigenvalue weighted by atomic mass is 79.9. The normalized spacial score (nSPS) is 10.2. The van der Waals surface area contributed by atoms with Crippen LogP contribution in [0, 0.1) is 24.0 Å². The maximum absolute atomic E-state index is 12.0. The second kappa shape index (κ2) is 7.23. The number of anilines is 1. The first-order chi connectivity index (χ1) is 10.9. The number of nitrogens with one attached hydrogen (secondary N) is 1. The number of nitro benzene ring substituents is 1. The van der Waals surface area contributed by atoms with Gasteiger partial charge in [0.15, 0.2) is 6.61 Å². The Kier molecular flexibility index (Phi) is 5.33. The van der Waals surface area contributed by atoms with Crippen LogP contribution < -0.4 is 10.1 Å². The number of ether oxygens (including phenoxy) is 1. The first-order valence-electron chi connectivity index (χ1n) is 6.80. The van der Waals surface area contributed by atoms with Crippen molar-refractivity contribution in [2.75, 3.05) is 11.9 Å². The van der Waals surface area contributed by atoms with Crippen LogP contribution in [0.5, 0.6) is 5.75 Å². The molecule has 23 heavy (non-hydrogen) atoms. The van der Waals surface area contributed by atoms with Gasteiger partial charge >= 0.3 is 0 Å². The summed E-state index contributed by atoms with van der Waals surface area (Å²) in [5.74, 6) is 0.169. The molecule has 0 radical (unpaired) electrons. The van der Waals surface area contributed by atoms with Crippen molar-refractivity contribution in [3.63, 3.8) is 0 Å². The molecule has 6 nitrogen and oxygen atoms in total. The average Bonchev–Trinajstić information content (AvgIpc) is 2.48. The molecule has 7 heteroatoms. The van der Waals surface area contributed by atoms with Gasteiger partial charge < -0.3 is 10.1 Å². The van der Waals surface area contributed by atoms with Crippen molar-refractivity contribution in [3.05, 3.63) is 62.1 Å². The van der Waals surface area contributed by atoms with Crippen LogP contribution in [0.3, 0.4) is 0 Å². The number of aryl methyl sites for hydroxylation is 2. The molecule has 0 aliphatic carbocycles. The van der Waals surface area contributed by atoms with E-state index in [0.717, 1.165) is 15.6 Å². The number of halogens is 1. The van der Waals surface area contributed by atoms with Gasteiger partial charge in [0.25, 0.3) is 11.6 Å². The highest BCUT2D eigenvalue weighted by Crippen LogP contribution is 2.26. The molecule has 0 aliphatic rings. The van der Waals surface area contributed by atoms with Crippen LogP contribution in [-0.4, -0.2) is 17.4 Å². The number of hydrogen-bond donors (Lipinski definition) is 1. The fourth-order valence-corrected chi connectivity index (χ4v) is 2.52. The number of rotatable bonds is 5. The average molecular weight is 379 g/mol. The third-order valence-electron chi connectivity index (χ3n) is 3.15. The van der Waals surface area contributed by atoms with Gasteiger partial charge in [-0.25, -0.2) is 0 Å². The van der Waals surface area contributed by atoms with Crippen molar-refractivity contribution >= 4 is 33.2 Å². The van der Waals surface area contributed by atoms with Crippen molar-refractivity contribution < 1.29 is 14.5 Å². The van der Waals surface area contributed by atoms with Crippen molar-refractivity contribution in [2.45, 2.75) is 13.8 Å². The molecule has 2 aromatic carbocycles. The maximum Gasteiger partial charge on any atom is 0.271 e. The standard InChI is InChI=1S/C16H15BrN2O4/c1-10-3-6-15(13(17)7-10)23-9-16(20)18-14-8-12(19(21)22)5-4-11(14)2/h3-8H,9H2,1-2H3,(H,18,20). The zero-order chi connectivity index (χ0) is 17.0. The first kappa shape index (κ1) is 17.0. The Balaban J connectivity index is 2.02. The molecule has 1 amide bonds. The minimum Gasteiger partial charge on any atom is -0.483 e. The van der Waals surface area contributed by atoms with Crippen LogP contribution in [0.25, 0.3) is 0 Å². The molecular formula is C16H15BrN2O4. The fraction of sp³-hybridized carbons (Fsp3) is 0.188. The number of nitro groups is 1. The Morgan fingerprint density at radius 3 is 2.65 bits per heavy atom. The summed E-state index contributed by atoms with van der Waals surface area (Å²) in [5.41, 5.74) is 2.13. The van der Waals surface area contributed by atoms with E-state index >= 15 is 0 Å². The predicted molar refractivity (Wildman–Crippen MR) is 90.8 cm³/mol. The zero-order valence-electron chi connectivity index (χ0n) is 12.6. The van der Waals surface area contributed by atoms with Gasteiger partial charge in [-0.15, -0.1) is 0 Å². The minimum atomic E-state index is -0.505. The number of nitrogens with zero attached hydrogens (tertiary/aromatic N) is 1. The maximum atomic E-state index is 12.0. The zero-order valence-corrected chi connectivity index (χ0v) is 14.2. The molecule has 0 fully saturated rings. The van der Waals surface area contributed by atoms with Gasteiger partial charge in [-0.3, -0.25) is 14.9 Å². The molecule has 0 unspecified atom stereocenters. The summed E-state index contributed by atoms with van der Waals surface area (Å²) in [4.78, 5) is 22.3. The number of non-ortho nitro benzene ring substituents is 1. The summed E-state index contributed by atoms with van der Waals surface area (Å²) in [6.45, 7) is 3.52. The van der Waals surface area contributed by atoms with Gasteiger partial charge in [-0.05, 0) is 53.0 Å². The molecule has 0 saturated heterocycles. The van der Waals surface area contributed by atoms with Crippen molar-refractivity contribution in [1.29, 1.82) is 0 Å². The molecule has 0 atom stereocenters. The number of benzene rings is 2. The monoisotopic (exact) mass is 378 g/mol. The lowest BCUT2D eigenvalue weighted by molar-refractivity contribution is -0.384. The number of carbonyl (C=O) groups is 1. The molecular weight excluding hydrogens is 364 g/mol. The van der Waals surface area contributed by atoms with Crippen molar-refractivity contribution in [1.82, 2.24) is 0 Å². The lowest BCUT2D eigenvalue weighted by Gasteiger charge is -2.11. The highest BCUT2D eigenvalue weighted by molar-refractivity contribution is 9.10. The summed E-state index contributed by atoms with van der Waals surface area (Å²) in [6, 6.07) is 9.84. The summed E-state index contributed by atoms with van der Waals surface area (Å²) in [6.07, 6.45) is 0. The van der Waals surface area contributed by atoms with E-state index in [4.69, 9.17) is 4.74 Å². The number of hydrogen-bond acceptors (Lipinski definition) is 4. The van der Waals surface area contributed by atoms with E-state index in [1.807, 2.05) is 19.1 Å². The molecule has 0 saturated carbocycles. The van der Waals surface area contributed by atoms with Crippen LogP contribution in [0.15, 0.2) is 40.9 Å². The first-order valence-corrected chi connectivity index (χ1v) is 7.60. The van der Waals surface area contributed by atoms with Crippen molar-refractivity contribution in [3.8, 4) is 5.75 Å². The van der Waals surface area contributed by atoms with Crippen LogP contribution >= 0.6 is 15.9 Å². The lowest BCUT2D eigenvalue weighted by atomic mass is 10.2. The number of amides is 1. The van der Waals surface area contributed by atoms with Crippen LogP contribution in [-0.2, 0) is 4.79 Å². The van der Waals surface area contributed by atoms with E-state index in [1.165, 1.54) is 12.1 Å². The van der Waals surface area contributed by atoms with E-state index in [0.29, 0.717) is 11.4 Å². The van der Waals surface area contributed by atoms with E-state index in [2.05, 4.69) is 21.2 Å². The summed E-state index contributed by atoms with van der Waals surface area (Å²) >= 11 is 3.37. The van der Waals surface area contributed by atoms with E-state index < -0.39 is 4.92 Å². The Morgan fingerprint density at radius 2 is 2.00 bits per heavy atom. The van der Waals surface area contributed by atoms with Crippen LogP contribution in [0.4, 0.5) is 11.4 Å². The van der Waals surface area contributed by atoms with Gasteiger partial charge in [-0.2, -0.15) is 0 Å². The number of carbonyl (C=O) groups excluding carboxylic acids is 1.